The predicted octanol–water partition coefficient (Wildman–Crippen LogP) is 19.5. The van der Waals surface area contributed by atoms with Gasteiger partial charge in [0.1, 0.15) is 0 Å². The van der Waals surface area contributed by atoms with Crippen molar-refractivity contribution in [2.45, 2.75) is 13.8 Å². The van der Waals surface area contributed by atoms with Gasteiger partial charge in [0, 0.05) is 39.0 Å². The van der Waals surface area contributed by atoms with Crippen LogP contribution in [0.1, 0.15) is 18.7 Å². The number of thiophene rings is 4. The first-order chi connectivity index (χ1) is 31.6. The van der Waals surface area contributed by atoms with Gasteiger partial charge in [-0.3, -0.25) is 0 Å². The van der Waals surface area contributed by atoms with Crippen LogP contribution in [0.25, 0.3) is 112 Å². The predicted molar refractivity (Wildman–Crippen MR) is 284 cm³/mol. The topological polar surface area (TPSA) is 0 Å². The first kappa shape index (κ1) is 40.1. The first-order valence-corrected chi connectivity index (χ1v) is 24.9. The molecule has 0 saturated heterocycles. The molecule has 0 amide bonds. The molecule has 11 rings (SSSR count). The molecule has 0 aliphatic carbocycles. The maximum Gasteiger partial charge on any atom is 0.0449 e. The fourth-order valence-corrected chi connectivity index (χ4v) is 13.0. The SMILES string of the molecule is C/C=C(\C)c1ccc(-c2ccc(-c3ccc(-c4c(-c5ccccc5)c(-c5ccccc5)c(-c5ccc(-c6ccc(-c7ccc(-c8ccccc8)s7)s6)cc5)c5ccccc45)cc3)s2)s1. The highest BCUT2D eigenvalue weighted by Gasteiger charge is 2.24. The fraction of sp³-hybridized carbons (Fsp3) is 0.0333. The van der Waals surface area contributed by atoms with Crippen LogP contribution in [0.3, 0.4) is 0 Å². The molecule has 0 fully saturated rings. The van der Waals surface area contributed by atoms with Crippen molar-refractivity contribution in [3.05, 3.63) is 223 Å². The molecule has 306 valence electrons. The van der Waals surface area contributed by atoms with Crippen molar-refractivity contribution >= 4 is 61.7 Å². The third-order valence-corrected chi connectivity index (χ3v) is 17.1. The Balaban J connectivity index is 1.02. The van der Waals surface area contributed by atoms with Gasteiger partial charge in [-0.1, -0.05) is 170 Å². The van der Waals surface area contributed by atoms with Crippen molar-refractivity contribution in [2.75, 3.05) is 0 Å². The van der Waals surface area contributed by atoms with E-state index in [2.05, 4.69) is 232 Å². The molecule has 0 radical (unpaired) electrons. The molecule has 0 N–H and O–H groups in total. The average molecular weight is 891 g/mol. The third-order valence-electron chi connectivity index (χ3n) is 12.0. The van der Waals surface area contributed by atoms with Gasteiger partial charge in [-0.25, -0.2) is 0 Å². The molecule has 4 heteroatoms. The molecule has 11 aromatic rings. The van der Waals surface area contributed by atoms with Crippen LogP contribution >= 0.6 is 45.3 Å². The number of rotatable bonds is 10. The zero-order valence-corrected chi connectivity index (χ0v) is 38.7. The Morgan fingerprint density at radius 2 is 0.578 bits per heavy atom. The van der Waals surface area contributed by atoms with Crippen LogP contribution < -0.4 is 0 Å². The highest BCUT2D eigenvalue weighted by atomic mass is 32.1. The van der Waals surface area contributed by atoms with Gasteiger partial charge in [0.05, 0.1) is 0 Å². The summed E-state index contributed by atoms with van der Waals surface area (Å²) in [5.41, 5.74) is 14.8. The third kappa shape index (κ3) is 7.63. The lowest BCUT2D eigenvalue weighted by atomic mass is 9.79. The first-order valence-electron chi connectivity index (χ1n) is 21.6. The van der Waals surface area contributed by atoms with Gasteiger partial charge in [0.25, 0.3) is 0 Å². The van der Waals surface area contributed by atoms with E-state index >= 15 is 0 Å². The molecule has 7 aromatic carbocycles. The minimum atomic E-state index is 1.20. The Kier molecular flexibility index (Phi) is 11.0. The number of hydrogen-bond acceptors (Lipinski definition) is 4. The summed E-state index contributed by atoms with van der Waals surface area (Å²) >= 11 is 7.46. The van der Waals surface area contributed by atoms with Crippen molar-refractivity contribution in [1.29, 1.82) is 0 Å². The van der Waals surface area contributed by atoms with Crippen LogP contribution in [0, 0.1) is 0 Å². The fourth-order valence-electron chi connectivity index (χ4n) is 8.73. The molecule has 0 nitrogen and oxygen atoms in total. The molecule has 4 heterocycles. The van der Waals surface area contributed by atoms with E-state index in [1.165, 1.54) is 117 Å². The van der Waals surface area contributed by atoms with E-state index < -0.39 is 0 Å². The second-order valence-electron chi connectivity index (χ2n) is 15.9. The van der Waals surface area contributed by atoms with Crippen LogP contribution in [0.5, 0.6) is 0 Å². The van der Waals surface area contributed by atoms with Crippen molar-refractivity contribution < 1.29 is 0 Å². The Labute approximate surface area is 391 Å². The van der Waals surface area contributed by atoms with E-state index in [-0.39, 0.29) is 0 Å². The molecule has 4 aromatic heterocycles. The number of hydrogen-bond donors (Lipinski definition) is 0. The van der Waals surface area contributed by atoms with Crippen LogP contribution in [0.2, 0.25) is 0 Å². The summed E-state index contributed by atoms with van der Waals surface area (Å²) in [4.78, 5) is 10.4. The average Bonchev–Trinajstić information content (AvgIpc) is 4.22. The maximum atomic E-state index is 2.33. The van der Waals surface area contributed by atoms with Gasteiger partial charge >= 0.3 is 0 Å². The van der Waals surface area contributed by atoms with Crippen LogP contribution in [0.4, 0.5) is 0 Å². The molecule has 0 aliphatic heterocycles. The monoisotopic (exact) mass is 890 g/mol. The van der Waals surface area contributed by atoms with E-state index in [1.54, 1.807) is 0 Å². The Morgan fingerprint density at radius 1 is 0.281 bits per heavy atom. The highest BCUT2D eigenvalue weighted by Crippen LogP contribution is 2.52. The standard InChI is InChI=1S/C60H42S4/c1-3-39(2)49-31-35-53(61-49)54-37-33-51(63-54)41-23-27-45(28-24-41)57-47-21-13-14-22-48(47)58(60(44-19-11-6-12-20-44)59(57)43-17-9-5-10-18-43)46-29-25-42(26-30-46)52-34-38-56(64-52)55-36-32-50(62-55)40-15-7-4-8-16-40/h3-38H,1-2H3/b39-3+. The smallest absolute Gasteiger partial charge is 0.0449 e. The van der Waals surface area contributed by atoms with Gasteiger partial charge in [-0.05, 0) is 140 Å². The lowest BCUT2D eigenvalue weighted by molar-refractivity contribution is 1.57. The van der Waals surface area contributed by atoms with Gasteiger partial charge in [-0.15, -0.1) is 45.3 Å². The molecule has 0 aliphatic rings. The number of fused-ring (bicyclic) bond motifs is 1. The Hall–Kier alpha value is -6.66. The molecular formula is C60H42S4. The normalized spacial score (nSPS) is 11.7. The van der Waals surface area contributed by atoms with Crippen molar-refractivity contribution in [2.24, 2.45) is 0 Å². The van der Waals surface area contributed by atoms with Crippen LogP contribution in [0.15, 0.2) is 218 Å². The van der Waals surface area contributed by atoms with Crippen molar-refractivity contribution in [3.63, 3.8) is 0 Å². The Bertz CT molecular complexity index is 3410. The summed E-state index contributed by atoms with van der Waals surface area (Å²) in [5, 5.41) is 2.48. The molecule has 0 atom stereocenters. The van der Waals surface area contributed by atoms with Gasteiger partial charge in [-0.2, -0.15) is 0 Å². The molecule has 0 unspecified atom stereocenters. The second-order valence-corrected chi connectivity index (χ2v) is 20.3. The lowest BCUT2D eigenvalue weighted by Crippen LogP contribution is -1.97. The summed E-state index contributed by atoms with van der Waals surface area (Å²) in [7, 11) is 0. The van der Waals surface area contributed by atoms with Crippen LogP contribution in [-0.2, 0) is 0 Å². The Morgan fingerprint density at radius 3 is 0.984 bits per heavy atom. The molecule has 64 heavy (non-hydrogen) atoms. The largest absolute Gasteiger partial charge is 0.135 e. The molecule has 0 bridgehead atoms. The van der Waals surface area contributed by atoms with E-state index in [1.807, 2.05) is 45.3 Å². The summed E-state index contributed by atoms with van der Waals surface area (Å²) in [5.74, 6) is 0. The highest BCUT2D eigenvalue weighted by molar-refractivity contribution is 7.25. The van der Waals surface area contributed by atoms with E-state index in [4.69, 9.17) is 0 Å². The quantitative estimate of drug-likeness (QED) is 0.128. The van der Waals surface area contributed by atoms with Crippen LogP contribution in [-0.4, -0.2) is 0 Å². The number of benzene rings is 7. The zero-order valence-electron chi connectivity index (χ0n) is 35.4. The molecule has 0 spiro atoms. The van der Waals surface area contributed by atoms with E-state index in [0.717, 1.165) is 0 Å². The summed E-state index contributed by atoms with van der Waals surface area (Å²) in [6.45, 7) is 4.29. The molecular weight excluding hydrogens is 849 g/mol. The van der Waals surface area contributed by atoms with E-state index in [9.17, 15) is 0 Å². The summed E-state index contributed by atoms with van der Waals surface area (Å²) in [6, 6.07) is 78.3. The van der Waals surface area contributed by atoms with Gasteiger partial charge < -0.3 is 0 Å². The van der Waals surface area contributed by atoms with Crippen molar-refractivity contribution in [3.8, 4) is 95.3 Å². The lowest BCUT2D eigenvalue weighted by Gasteiger charge is -2.24. The minimum absolute atomic E-state index is 1.20. The zero-order chi connectivity index (χ0) is 43.0. The second kappa shape index (κ2) is 17.5. The summed E-state index contributed by atoms with van der Waals surface area (Å²) < 4.78 is 0. The minimum Gasteiger partial charge on any atom is -0.135 e. The maximum absolute atomic E-state index is 2.33. The van der Waals surface area contributed by atoms with E-state index in [0.29, 0.717) is 0 Å². The van der Waals surface area contributed by atoms with Crippen molar-refractivity contribution in [1.82, 2.24) is 0 Å². The summed E-state index contributed by atoms with van der Waals surface area (Å²) in [6.07, 6.45) is 2.19. The number of allylic oxidation sites excluding steroid dienone is 2. The molecule has 0 saturated carbocycles. The van der Waals surface area contributed by atoms with Gasteiger partial charge in [0.15, 0.2) is 0 Å². The van der Waals surface area contributed by atoms with Gasteiger partial charge in [0.2, 0.25) is 0 Å².